The number of benzene rings is 2. The zero-order valence-electron chi connectivity index (χ0n) is 11.0. The molecule has 3 heteroatoms. The fourth-order valence-corrected chi connectivity index (χ4v) is 2.55. The molecule has 2 aromatic carbocycles. The van der Waals surface area contributed by atoms with E-state index in [4.69, 9.17) is 5.26 Å². The van der Waals surface area contributed by atoms with E-state index in [-0.39, 0.29) is 5.91 Å². The molecule has 1 aliphatic heterocycles. The first kappa shape index (κ1) is 12.4. The minimum Gasteiger partial charge on any atom is -0.304 e. The smallest absolute Gasteiger partial charge is 0.258 e. The third-order valence-corrected chi connectivity index (χ3v) is 3.57. The van der Waals surface area contributed by atoms with Crippen LogP contribution < -0.4 is 4.90 Å². The number of hydrogen-bond donors (Lipinski definition) is 0. The fraction of sp³-hybridized carbons (Fsp3) is 0.176. The second-order valence-corrected chi connectivity index (χ2v) is 4.88. The first-order valence-corrected chi connectivity index (χ1v) is 6.65. The molecule has 20 heavy (non-hydrogen) atoms. The average molecular weight is 262 g/mol. The van der Waals surface area contributed by atoms with Gasteiger partial charge in [0.25, 0.3) is 5.91 Å². The first-order valence-electron chi connectivity index (χ1n) is 6.65. The van der Waals surface area contributed by atoms with E-state index < -0.39 is 0 Å². The Morgan fingerprint density at radius 2 is 1.95 bits per heavy atom. The Morgan fingerprint density at radius 3 is 2.70 bits per heavy atom. The van der Waals surface area contributed by atoms with Crippen molar-refractivity contribution in [2.24, 2.45) is 0 Å². The van der Waals surface area contributed by atoms with Crippen LogP contribution in [0.1, 0.15) is 27.9 Å². The average Bonchev–Trinajstić information content (AvgIpc) is 2.83. The number of nitriles is 1. The molecule has 1 heterocycles. The van der Waals surface area contributed by atoms with Crippen LogP contribution in [0.15, 0.2) is 48.5 Å². The zero-order valence-corrected chi connectivity index (χ0v) is 11.0. The first-order chi connectivity index (χ1) is 9.79. The van der Waals surface area contributed by atoms with E-state index in [0.717, 1.165) is 28.8 Å². The van der Waals surface area contributed by atoms with Crippen LogP contribution >= 0.6 is 0 Å². The lowest BCUT2D eigenvalue weighted by atomic mass is 10.0. The maximum Gasteiger partial charge on any atom is 0.258 e. The van der Waals surface area contributed by atoms with Crippen molar-refractivity contribution in [1.82, 2.24) is 0 Å². The summed E-state index contributed by atoms with van der Waals surface area (Å²) >= 11 is 0. The lowest BCUT2D eigenvalue weighted by Gasteiger charge is -2.15. The van der Waals surface area contributed by atoms with Gasteiger partial charge in [0.05, 0.1) is 12.6 Å². The van der Waals surface area contributed by atoms with Crippen LogP contribution in [0.4, 0.5) is 5.69 Å². The monoisotopic (exact) mass is 262 g/mol. The highest BCUT2D eigenvalue weighted by Crippen LogP contribution is 2.28. The molecule has 0 aliphatic carbocycles. The van der Waals surface area contributed by atoms with E-state index >= 15 is 0 Å². The van der Waals surface area contributed by atoms with Crippen LogP contribution in [0, 0.1) is 11.3 Å². The van der Waals surface area contributed by atoms with Gasteiger partial charge in [-0.3, -0.25) is 4.79 Å². The molecule has 0 radical (unpaired) electrons. The highest BCUT2D eigenvalue weighted by Gasteiger charge is 2.28. The van der Waals surface area contributed by atoms with Gasteiger partial charge in [-0.25, -0.2) is 0 Å². The Balaban J connectivity index is 1.89. The Morgan fingerprint density at radius 1 is 1.15 bits per heavy atom. The molecule has 0 atom stereocenters. The second-order valence-electron chi connectivity index (χ2n) is 4.88. The number of carbonyl (C=O) groups excluding carboxylic acids is 1. The largest absolute Gasteiger partial charge is 0.304 e. The number of para-hydroxylation sites is 1. The summed E-state index contributed by atoms with van der Waals surface area (Å²) in [6.45, 7) is 0.610. The number of rotatable bonds is 3. The highest BCUT2D eigenvalue weighted by molar-refractivity contribution is 6.10. The maximum atomic E-state index is 12.4. The van der Waals surface area contributed by atoms with E-state index in [1.54, 1.807) is 4.90 Å². The molecule has 3 rings (SSSR count). The van der Waals surface area contributed by atoms with E-state index in [2.05, 4.69) is 6.07 Å². The second kappa shape index (κ2) is 5.18. The number of fused-ring (bicyclic) bond motifs is 1. The molecule has 0 fully saturated rings. The molecular weight excluding hydrogens is 248 g/mol. The minimum absolute atomic E-state index is 0.0537. The van der Waals surface area contributed by atoms with Crippen molar-refractivity contribution in [2.75, 3.05) is 4.90 Å². The van der Waals surface area contributed by atoms with E-state index in [1.165, 1.54) is 0 Å². The van der Waals surface area contributed by atoms with Crippen molar-refractivity contribution >= 4 is 11.6 Å². The van der Waals surface area contributed by atoms with Crippen LogP contribution in [-0.2, 0) is 13.0 Å². The van der Waals surface area contributed by atoms with Crippen molar-refractivity contribution in [3.8, 4) is 6.07 Å². The van der Waals surface area contributed by atoms with Crippen LogP contribution in [0.3, 0.4) is 0 Å². The Hall–Kier alpha value is -2.60. The lowest BCUT2D eigenvalue weighted by Crippen LogP contribution is -2.22. The molecule has 98 valence electrons. The zero-order chi connectivity index (χ0) is 13.9. The lowest BCUT2D eigenvalue weighted by molar-refractivity contribution is 0.0996. The van der Waals surface area contributed by atoms with Crippen molar-refractivity contribution in [3.63, 3.8) is 0 Å². The van der Waals surface area contributed by atoms with Gasteiger partial charge < -0.3 is 4.90 Å². The predicted molar refractivity (Wildman–Crippen MR) is 77.3 cm³/mol. The molecule has 0 bridgehead atoms. The quantitative estimate of drug-likeness (QED) is 0.851. The Kier molecular flexibility index (Phi) is 3.22. The molecule has 0 spiro atoms. The van der Waals surface area contributed by atoms with E-state index in [1.807, 2.05) is 48.5 Å². The molecule has 0 unspecified atom stereocenters. The number of hydrogen-bond acceptors (Lipinski definition) is 2. The third-order valence-electron chi connectivity index (χ3n) is 3.57. The number of carbonyl (C=O) groups is 1. The molecule has 1 aliphatic rings. The summed E-state index contributed by atoms with van der Waals surface area (Å²) in [5, 5.41) is 8.64. The summed E-state index contributed by atoms with van der Waals surface area (Å²) in [4.78, 5) is 14.2. The summed E-state index contributed by atoms with van der Waals surface area (Å²) in [5.41, 5.74) is 3.86. The minimum atomic E-state index is 0.0537. The van der Waals surface area contributed by atoms with Gasteiger partial charge in [-0.05, 0) is 35.7 Å². The van der Waals surface area contributed by atoms with Gasteiger partial charge in [0.1, 0.15) is 0 Å². The third kappa shape index (κ3) is 2.17. The standard InChI is InChI=1S/C17H14N2O/c18-10-4-5-13-8-9-16-14(11-13)12-19(17(16)20)15-6-2-1-3-7-15/h1-3,6-9,11H,4-5,12H2. The molecule has 0 aromatic heterocycles. The number of aryl methyl sites for hydroxylation is 1. The van der Waals surface area contributed by atoms with Crippen LogP contribution in [-0.4, -0.2) is 5.91 Å². The van der Waals surface area contributed by atoms with Gasteiger partial charge in [-0.1, -0.05) is 30.3 Å². The maximum absolute atomic E-state index is 12.4. The van der Waals surface area contributed by atoms with Crippen LogP contribution in [0.2, 0.25) is 0 Å². The van der Waals surface area contributed by atoms with Crippen LogP contribution in [0.25, 0.3) is 0 Å². The molecule has 2 aromatic rings. The molecule has 0 N–H and O–H groups in total. The van der Waals surface area contributed by atoms with E-state index in [0.29, 0.717) is 13.0 Å². The Bertz CT molecular complexity index is 686. The number of amides is 1. The van der Waals surface area contributed by atoms with Gasteiger partial charge in [0.15, 0.2) is 0 Å². The molecule has 0 saturated heterocycles. The summed E-state index contributed by atoms with van der Waals surface area (Å²) < 4.78 is 0. The van der Waals surface area contributed by atoms with Gasteiger partial charge in [0.2, 0.25) is 0 Å². The molecule has 1 amide bonds. The van der Waals surface area contributed by atoms with Gasteiger partial charge in [-0.15, -0.1) is 0 Å². The topological polar surface area (TPSA) is 44.1 Å². The van der Waals surface area contributed by atoms with Crippen molar-refractivity contribution in [1.29, 1.82) is 5.26 Å². The van der Waals surface area contributed by atoms with Crippen molar-refractivity contribution in [2.45, 2.75) is 19.4 Å². The van der Waals surface area contributed by atoms with E-state index in [9.17, 15) is 4.79 Å². The summed E-state index contributed by atoms with van der Waals surface area (Å²) in [7, 11) is 0. The van der Waals surface area contributed by atoms with Crippen molar-refractivity contribution in [3.05, 3.63) is 65.2 Å². The van der Waals surface area contributed by atoms with Gasteiger partial charge in [-0.2, -0.15) is 5.26 Å². The molecule has 0 saturated carbocycles. The van der Waals surface area contributed by atoms with Gasteiger partial charge in [0, 0.05) is 17.7 Å². The van der Waals surface area contributed by atoms with Crippen LogP contribution in [0.5, 0.6) is 0 Å². The summed E-state index contributed by atoms with van der Waals surface area (Å²) in [5.74, 6) is 0.0537. The summed E-state index contributed by atoms with van der Waals surface area (Å²) in [6.07, 6.45) is 1.25. The SMILES string of the molecule is N#CCCc1ccc2c(c1)CN(c1ccccc1)C2=O. The normalized spacial score (nSPS) is 13.2. The highest BCUT2D eigenvalue weighted by atomic mass is 16.2. The summed E-state index contributed by atoms with van der Waals surface area (Å²) in [6, 6.07) is 17.7. The molecular formula is C17H14N2O. The van der Waals surface area contributed by atoms with Crippen molar-refractivity contribution < 1.29 is 4.79 Å². The van der Waals surface area contributed by atoms with Gasteiger partial charge >= 0.3 is 0 Å². The number of anilines is 1. The predicted octanol–water partition coefficient (Wildman–Crippen LogP) is 3.30. The fourth-order valence-electron chi connectivity index (χ4n) is 2.55. The molecule has 3 nitrogen and oxygen atoms in total. The number of nitrogens with zero attached hydrogens (tertiary/aromatic N) is 2. The Labute approximate surface area is 118 Å².